The van der Waals surface area contributed by atoms with Gasteiger partial charge in [-0.05, 0) is 31.5 Å². The molecule has 0 saturated heterocycles. The predicted octanol–water partition coefficient (Wildman–Crippen LogP) is 2.26. The van der Waals surface area contributed by atoms with Gasteiger partial charge in [-0.1, -0.05) is 28.1 Å². The Kier molecular flexibility index (Phi) is 4.62. The van der Waals surface area contributed by atoms with E-state index in [1.165, 1.54) is 0 Å². The van der Waals surface area contributed by atoms with Crippen molar-refractivity contribution in [2.45, 2.75) is 26.4 Å². The summed E-state index contributed by atoms with van der Waals surface area (Å²) in [6, 6.07) is 8.36. The fraction of sp³-hybridized carbons (Fsp3) is 0.364. The molecular formula is C11H16BrN3. The summed E-state index contributed by atoms with van der Waals surface area (Å²) in [6.07, 6.45) is 0. The standard InChI is InChI=1S/C11H16BrN3/c1-8(2)15-11(13)14-7-9-3-5-10(12)6-4-9/h3-6,8H,7H2,1-2H3,(H3,13,14,15). The van der Waals surface area contributed by atoms with Crippen molar-refractivity contribution >= 4 is 21.9 Å². The van der Waals surface area contributed by atoms with Crippen molar-refractivity contribution < 1.29 is 0 Å². The Morgan fingerprint density at radius 1 is 1.40 bits per heavy atom. The molecule has 4 heteroatoms. The molecule has 1 rings (SSSR count). The van der Waals surface area contributed by atoms with Gasteiger partial charge in [-0.25, -0.2) is 4.99 Å². The second-order valence-corrected chi connectivity index (χ2v) is 4.54. The maximum Gasteiger partial charge on any atom is 0.189 e. The molecule has 0 amide bonds. The SMILES string of the molecule is CC(C)NC(N)=NCc1ccc(Br)cc1. The van der Waals surface area contributed by atoms with Crippen LogP contribution in [0.5, 0.6) is 0 Å². The molecule has 0 aliphatic rings. The molecule has 1 aromatic rings. The molecule has 0 aliphatic carbocycles. The average molecular weight is 270 g/mol. The topological polar surface area (TPSA) is 50.4 Å². The number of rotatable bonds is 3. The molecule has 3 N–H and O–H groups in total. The monoisotopic (exact) mass is 269 g/mol. The van der Waals surface area contributed by atoms with Gasteiger partial charge in [0, 0.05) is 10.5 Å². The smallest absolute Gasteiger partial charge is 0.189 e. The lowest BCUT2D eigenvalue weighted by atomic mass is 10.2. The van der Waals surface area contributed by atoms with Gasteiger partial charge in [0.1, 0.15) is 0 Å². The second kappa shape index (κ2) is 5.75. The highest BCUT2D eigenvalue weighted by Gasteiger charge is 1.95. The summed E-state index contributed by atoms with van der Waals surface area (Å²) in [4.78, 5) is 4.23. The van der Waals surface area contributed by atoms with Gasteiger partial charge in [0.2, 0.25) is 0 Å². The van der Waals surface area contributed by atoms with E-state index in [1.54, 1.807) is 0 Å². The molecule has 15 heavy (non-hydrogen) atoms. The maximum absolute atomic E-state index is 5.68. The van der Waals surface area contributed by atoms with Crippen LogP contribution in [0.3, 0.4) is 0 Å². The molecule has 0 heterocycles. The van der Waals surface area contributed by atoms with Gasteiger partial charge >= 0.3 is 0 Å². The number of nitrogens with one attached hydrogen (secondary N) is 1. The van der Waals surface area contributed by atoms with Crippen LogP contribution in [0.1, 0.15) is 19.4 Å². The molecule has 1 aromatic carbocycles. The molecule has 0 spiro atoms. The molecule has 0 fully saturated rings. The molecule has 0 unspecified atom stereocenters. The Bertz CT molecular complexity index is 330. The summed E-state index contributed by atoms with van der Waals surface area (Å²) in [5.41, 5.74) is 6.83. The highest BCUT2D eigenvalue weighted by Crippen LogP contribution is 2.10. The zero-order valence-corrected chi connectivity index (χ0v) is 10.6. The Morgan fingerprint density at radius 2 is 2.00 bits per heavy atom. The second-order valence-electron chi connectivity index (χ2n) is 3.63. The first-order valence-electron chi connectivity index (χ1n) is 4.89. The number of hydrogen-bond acceptors (Lipinski definition) is 1. The first-order chi connectivity index (χ1) is 7.08. The van der Waals surface area contributed by atoms with Crippen molar-refractivity contribution in [1.82, 2.24) is 5.32 Å². The van der Waals surface area contributed by atoms with Crippen molar-refractivity contribution in [2.75, 3.05) is 0 Å². The van der Waals surface area contributed by atoms with Crippen LogP contribution in [0.2, 0.25) is 0 Å². The van der Waals surface area contributed by atoms with Crippen LogP contribution in [0, 0.1) is 0 Å². The predicted molar refractivity (Wildman–Crippen MR) is 67.7 cm³/mol. The first kappa shape index (κ1) is 12.0. The van der Waals surface area contributed by atoms with Crippen LogP contribution in [-0.4, -0.2) is 12.0 Å². The van der Waals surface area contributed by atoms with Crippen molar-refractivity contribution in [2.24, 2.45) is 10.7 Å². The van der Waals surface area contributed by atoms with E-state index in [1.807, 2.05) is 38.1 Å². The lowest BCUT2D eigenvalue weighted by Gasteiger charge is -2.08. The number of aliphatic imine (C=N–C) groups is 1. The highest BCUT2D eigenvalue weighted by atomic mass is 79.9. The minimum Gasteiger partial charge on any atom is -0.370 e. The number of nitrogens with zero attached hydrogens (tertiary/aromatic N) is 1. The number of hydrogen-bond donors (Lipinski definition) is 2. The number of nitrogens with two attached hydrogens (primary N) is 1. The molecule has 0 atom stereocenters. The average Bonchev–Trinajstić information content (AvgIpc) is 2.16. The van der Waals surface area contributed by atoms with Crippen molar-refractivity contribution in [3.63, 3.8) is 0 Å². The first-order valence-corrected chi connectivity index (χ1v) is 5.68. The van der Waals surface area contributed by atoms with Crippen molar-refractivity contribution in [3.8, 4) is 0 Å². The molecule has 0 bridgehead atoms. The Balaban J connectivity index is 2.52. The van der Waals surface area contributed by atoms with Gasteiger partial charge in [-0.15, -0.1) is 0 Å². The third-order valence-electron chi connectivity index (χ3n) is 1.78. The Morgan fingerprint density at radius 3 is 2.53 bits per heavy atom. The minimum absolute atomic E-state index is 0.318. The van der Waals surface area contributed by atoms with Crippen LogP contribution in [0.4, 0.5) is 0 Å². The summed E-state index contributed by atoms with van der Waals surface area (Å²) in [5, 5.41) is 3.04. The van der Waals surface area contributed by atoms with Gasteiger partial charge in [-0.2, -0.15) is 0 Å². The van der Waals surface area contributed by atoms with E-state index >= 15 is 0 Å². The van der Waals surface area contributed by atoms with E-state index in [4.69, 9.17) is 5.73 Å². The maximum atomic E-state index is 5.68. The van der Waals surface area contributed by atoms with Gasteiger partial charge in [-0.3, -0.25) is 0 Å². The summed E-state index contributed by atoms with van der Waals surface area (Å²) in [5.74, 6) is 0.493. The van der Waals surface area contributed by atoms with Crippen molar-refractivity contribution in [3.05, 3.63) is 34.3 Å². The molecule has 82 valence electrons. The fourth-order valence-corrected chi connectivity index (χ4v) is 1.37. The third kappa shape index (κ3) is 4.83. The van der Waals surface area contributed by atoms with Gasteiger partial charge in [0.15, 0.2) is 5.96 Å². The fourth-order valence-electron chi connectivity index (χ4n) is 1.11. The number of guanidine groups is 1. The van der Waals surface area contributed by atoms with Crippen LogP contribution in [0.15, 0.2) is 33.7 Å². The van der Waals surface area contributed by atoms with E-state index in [2.05, 4.69) is 26.2 Å². The minimum atomic E-state index is 0.318. The molecule has 0 aliphatic heterocycles. The molecular weight excluding hydrogens is 254 g/mol. The van der Waals surface area contributed by atoms with Crippen molar-refractivity contribution in [1.29, 1.82) is 0 Å². The summed E-state index contributed by atoms with van der Waals surface area (Å²) < 4.78 is 1.07. The summed E-state index contributed by atoms with van der Waals surface area (Å²) in [7, 11) is 0. The zero-order valence-electron chi connectivity index (χ0n) is 9.00. The van der Waals surface area contributed by atoms with E-state index in [0.717, 1.165) is 10.0 Å². The van der Waals surface area contributed by atoms with E-state index in [9.17, 15) is 0 Å². The van der Waals surface area contributed by atoms with Crippen LogP contribution in [0.25, 0.3) is 0 Å². The molecule has 0 aromatic heterocycles. The normalized spacial score (nSPS) is 11.9. The van der Waals surface area contributed by atoms with Gasteiger partial charge in [0.25, 0.3) is 0 Å². The highest BCUT2D eigenvalue weighted by molar-refractivity contribution is 9.10. The Hall–Kier alpha value is -1.03. The third-order valence-corrected chi connectivity index (χ3v) is 2.31. The number of halogens is 1. The summed E-state index contributed by atoms with van der Waals surface area (Å²) >= 11 is 3.39. The van der Waals surface area contributed by atoms with Gasteiger partial charge in [0.05, 0.1) is 6.54 Å². The molecule has 3 nitrogen and oxygen atoms in total. The summed E-state index contributed by atoms with van der Waals surface area (Å²) in [6.45, 7) is 4.67. The lowest BCUT2D eigenvalue weighted by Crippen LogP contribution is -2.36. The quantitative estimate of drug-likeness (QED) is 0.654. The molecule has 0 radical (unpaired) electrons. The number of benzene rings is 1. The van der Waals surface area contributed by atoms with Crippen LogP contribution >= 0.6 is 15.9 Å². The molecule has 0 saturated carbocycles. The lowest BCUT2D eigenvalue weighted by molar-refractivity contribution is 0.723. The largest absolute Gasteiger partial charge is 0.370 e. The Labute approximate surface area is 98.9 Å². The van der Waals surface area contributed by atoms with Crippen LogP contribution in [-0.2, 0) is 6.54 Å². The van der Waals surface area contributed by atoms with Crippen LogP contribution < -0.4 is 11.1 Å². The zero-order chi connectivity index (χ0) is 11.3. The van der Waals surface area contributed by atoms with E-state index < -0.39 is 0 Å². The van der Waals surface area contributed by atoms with E-state index in [0.29, 0.717) is 18.5 Å². The van der Waals surface area contributed by atoms with Gasteiger partial charge < -0.3 is 11.1 Å². The van der Waals surface area contributed by atoms with E-state index in [-0.39, 0.29) is 0 Å².